The third-order valence-corrected chi connectivity index (χ3v) is 13.2. The molecule has 47 heavy (non-hydrogen) atoms. The second-order valence-electron chi connectivity index (χ2n) is 15.9. The molecule has 9 atom stereocenters. The lowest BCUT2D eigenvalue weighted by molar-refractivity contribution is -0.156. The summed E-state index contributed by atoms with van der Waals surface area (Å²) in [5.74, 6) is 2.99. The van der Waals surface area contributed by atoms with Crippen LogP contribution in [0, 0.1) is 41.4 Å². The number of ether oxygens (including phenoxy) is 3. The minimum atomic E-state index is -0.656. The van der Waals surface area contributed by atoms with Crippen molar-refractivity contribution in [3.63, 3.8) is 0 Å². The van der Waals surface area contributed by atoms with Gasteiger partial charge in [-0.3, -0.25) is 14.3 Å². The Morgan fingerprint density at radius 1 is 1.02 bits per heavy atom. The first-order valence-corrected chi connectivity index (χ1v) is 18.7. The number of nitrogens with zero attached hydrogens (tertiary/aromatic N) is 1. The van der Waals surface area contributed by atoms with Crippen LogP contribution in [-0.4, -0.2) is 40.9 Å². The van der Waals surface area contributed by atoms with Crippen molar-refractivity contribution in [1.82, 2.24) is 9.55 Å². The number of hydrogen-bond donors (Lipinski definition) is 1. The Morgan fingerprint density at radius 3 is 2.66 bits per heavy atom. The third kappa shape index (κ3) is 7.15. The molecule has 2 heterocycles. The number of hydrogen-bond acceptors (Lipinski definition) is 6. The Hall–Kier alpha value is -2.45. The zero-order valence-corrected chi connectivity index (χ0v) is 29.3. The van der Waals surface area contributed by atoms with Crippen molar-refractivity contribution < 1.29 is 19.0 Å². The van der Waals surface area contributed by atoms with Crippen LogP contribution in [0.2, 0.25) is 0 Å². The van der Waals surface area contributed by atoms with Crippen molar-refractivity contribution in [2.24, 2.45) is 34.5 Å². The van der Waals surface area contributed by atoms with Crippen LogP contribution >= 0.6 is 0 Å². The molecule has 3 saturated carbocycles. The fourth-order valence-corrected chi connectivity index (χ4v) is 10.4. The van der Waals surface area contributed by atoms with E-state index in [2.05, 4.69) is 31.8 Å². The molecule has 3 fully saturated rings. The standard InChI is InChI=1S/C39H58N2O6/c1-5-6-7-8-9-10-11-27-13-16-32-31-15-12-28-22-29(18-20-39(28,4)33(31)19-21-38(27,32)3)45-25-35(42)46-24-30-14-17-34(47-30)41-23-26(2)36(43)40-37(41)44/h12,14,17,23,27,29-34H,5-11,13,15-16,18-22,24-25H2,1-4H3,(H,40,43,44)/t27?,29-,30?,31?,32?,33?,34?,38?,39?/m1/s1. The lowest BCUT2D eigenvalue weighted by Crippen LogP contribution is -2.50. The largest absolute Gasteiger partial charge is 0.461 e. The highest BCUT2D eigenvalue weighted by Gasteiger charge is 2.58. The normalized spacial score (nSPS) is 36.0. The number of aryl methyl sites for hydroxylation is 1. The molecule has 6 rings (SSSR count). The molecule has 1 aromatic heterocycles. The van der Waals surface area contributed by atoms with E-state index in [1.807, 2.05) is 0 Å². The average molecular weight is 651 g/mol. The Bertz CT molecular complexity index is 1440. The number of H-pyrrole nitrogens is 1. The Balaban J connectivity index is 0.954. The van der Waals surface area contributed by atoms with Crippen LogP contribution in [0.3, 0.4) is 0 Å². The van der Waals surface area contributed by atoms with Crippen molar-refractivity contribution in [3.8, 4) is 0 Å². The lowest BCUT2D eigenvalue weighted by atomic mass is 9.47. The predicted molar refractivity (Wildman–Crippen MR) is 183 cm³/mol. The summed E-state index contributed by atoms with van der Waals surface area (Å²) in [4.78, 5) is 38.8. The highest BCUT2D eigenvalue weighted by atomic mass is 16.6. The molecule has 0 bridgehead atoms. The van der Waals surface area contributed by atoms with Crippen LogP contribution in [0.15, 0.2) is 39.6 Å². The second kappa shape index (κ2) is 14.6. The molecule has 0 spiro atoms. The van der Waals surface area contributed by atoms with E-state index in [4.69, 9.17) is 14.2 Å². The predicted octanol–water partition coefficient (Wildman–Crippen LogP) is 7.56. The van der Waals surface area contributed by atoms with E-state index in [-0.39, 0.29) is 24.7 Å². The Labute approximate surface area is 280 Å². The average Bonchev–Trinajstić information content (AvgIpc) is 3.66. The van der Waals surface area contributed by atoms with Crippen molar-refractivity contribution in [2.75, 3.05) is 13.2 Å². The van der Waals surface area contributed by atoms with Crippen LogP contribution in [-0.2, 0) is 19.0 Å². The van der Waals surface area contributed by atoms with E-state index in [0.29, 0.717) is 11.0 Å². The number of carbonyl (C=O) groups is 1. The molecule has 1 N–H and O–H groups in total. The van der Waals surface area contributed by atoms with Crippen LogP contribution in [0.5, 0.6) is 0 Å². The van der Waals surface area contributed by atoms with Crippen molar-refractivity contribution in [3.05, 3.63) is 56.4 Å². The monoisotopic (exact) mass is 650 g/mol. The maximum atomic E-state index is 12.6. The number of nitrogens with one attached hydrogen (secondary N) is 1. The third-order valence-electron chi connectivity index (χ3n) is 13.2. The lowest BCUT2D eigenvalue weighted by Gasteiger charge is -2.58. The fraction of sp³-hybridized carbons (Fsp3) is 0.769. The first-order valence-electron chi connectivity index (χ1n) is 18.7. The van der Waals surface area contributed by atoms with E-state index < -0.39 is 29.6 Å². The van der Waals surface area contributed by atoms with Gasteiger partial charge in [0.05, 0.1) is 6.10 Å². The molecule has 5 aliphatic rings. The molecule has 0 aromatic carbocycles. The minimum absolute atomic E-state index is 0.0443. The molecule has 4 aliphatic carbocycles. The fourth-order valence-electron chi connectivity index (χ4n) is 10.4. The first-order chi connectivity index (χ1) is 22.6. The number of unbranched alkanes of at least 4 members (excludes halogenated alkanes) is 5. The first kappa shape index (κ1) is 34.4. The highest BCUT2D eigenvalue weighted by Crippen LogP contribution is 2.66. The van der Waals surface area contributed by atoms with Crippen LogP contribution < -0.4 is 11.2 Å². The number of aromatic nitrogens is 2. The zero-order valence-electron chi connectivity index (χ0n) is 29.3. The van der Waals surface area contributed by atoms with Gasteiger partial charge in [0.2, 0.25) is 0 Å². The quantitative estimate of drug-likeness (QED) is 0.134. The maximum Gasteiger partial charge on any atom is 0.332 e. The van der Waals surface area contributed by atoms with Crippen LogP contribution in [0.25, 0.3) is 0 Å². The van der Waals surface area contributed by atoms with Gasteiger partial charge in [-0.05, 0) is 105 Å². The maximum absolute atomic E-state index is 12.6. The smallest absolute Gasteiger partial charge is 0.332 e. The van der Waals surface area contributed by atoms with Crippen molar-refractivity contribution >= 4 is 5.97 Å². The molecular formula is C39H58N2O6. The summed E-state index contributed by atoms with van der Waals surface area (Å²) in [6.07, 6.45) is 26.2. The molecule has 8 nitrogen and oxygen atoms in total. The second-order valence-corrected chi connectivity index (χ2v) is 15.9. The van der Waals surface area contributed by atoms with Gasteiger partial charge in [-0.2, -0.15) is 0 Å². The Morgan fingerprint density at radius 2 is 1.83 bits per heavy atom. The topological polar surface area (TPSA) is 99.6 Å². The molecule has 8 heteroatoms. The van der Waals surface area contributed by atoms with Gasteiger partial charge >= 0.3 is 11.7 Å². The molecule has 1 aliphatic heterocycles. The van der Waals surface area contributed by atoms with Gasteiger partial charge in [0, 0.05) is 11.8 Å². The number of esters is 1. The minimum Gasteiger partial charge on any atom is -0.461 e. The summed E-state index contributed by atoms with van der Waals surface area (Å²) in [5.41, 5.74) is 1.83. The zero-order chi connectivity index (χ0) is 33.2. The molecule has 0 radical (unpaired) electrons. The van der Waals surface area contributed by atoms with Crippen LogP contribution in [0.4, 0.5) is 0 Å². The summed E-state index contributed by atoms with van der Waals surface area (Å²) < 4.78 is 18.8. The SMILES string of the molecule is CCCCCCCCC1CCC2C3CC=C4C[C@H](OCC(=O)OCC5C=CC(n6cc(C)c(=O)[nH]c6=O)O5)CCC4(C)C3CCC12C. The van der Waals surface area contributed by atoms with Gasteiger partial charge in [0.25, 0.3) is 5.56 Å². The van der Waals surface area contributed by atoms with Crippen LogP contribution in [0.1, 0.15) is 129 Å². The van der Waals surface area contributed by atoms with E-state index in [1.54, 1.807) is 24.6 Å². The van der Waals surface area contributed by atoms with E-state index in [1.165, 1.54) is 87.8 Å². The van der Waals surface area contributed by atoms with Gasteiger partial charge in [-0.1, -0.05) is 77.0 Å². The summed E-state index contributed by atoms with van der Waals surface area (Å²) in [6, 6.07) is 0. The molecule has 260 valence electrons. The van der Waals surface area contributed by atoms with E-state index in [9.17, 15) is 14.4 Å². The molecule has 0 amide bonds. The van der Waals surface area contributed by atoms with Gasteiger partial charge in [0.15, 0.2) is 6.23 Å². The van der Waals surface area contributed by atoms with E-state index in [0.717, 1.165) is 42.9 Å². The molecule has 0 saturated heterocycles. The van der Waals surface area contributed by atoms with Crippen molar-refractivity contribution in [2.45, 2.75) is 142 Å². The summed E-state index contributed by atoms with van der Waals surface area (Å²) >= 11 is 0. The molecular weight excluding hydrogens is 592 g/mol. The molecule has 1 aromatic rings. The van der Waals surface area contributed by atoms with Gasteiger partial charge in [-0.25, -0.2) is 9.59 Å². The summed E-state index contributed by atoms with van der Waals surface area (Å²) in [5, 5.41) is 0. The number of aromatic amines is 1. The van der Waals surface area contributed by atoms with Crippen molar-refractivity contribution in [1.29, 1.82) is 0 Å². The number of carbonyl (C=O) groups excluding carboxylic acids is 1. The van der Waals surface area contributed by atoms with Gasteiger partial charge in [0.1, 0.15) is 19.3 Å². The Kier molecular flexibility index (Phi) is 10.7. The number of allylic oxidation sites excluding steroid dienone is 1. The summed E-state index contributed by atoms with van der Waals surface area (Å²) in [7, 11) is 0. The highest BCUT2D eigenvalue weighted by molar-refractivity contribution is 5.70. The molecule has 8 unspecified atom stereocenters. The number of rotatable bonds is 13. The van der Waals surface area contributed by atoms with E-state index >= 15 is 0 Å². The van der Waals surface area contributed by atoms with Gasteiger partial charge < -0.3 is 14.2 Å². The summed E-state index contributed by atoms with van der Waals surface area (Å²) in [6.45, 7) is 9.11. The van der Waals surface area contributed by atoms with Gasteiger partial charge in [-0.15, -0.1) is 0 Å². The number of fused-ring (bicyclic) bond motifs is 5.